The van der Waals surface area contributed by atoms with Gasteiger partial charge in [0.1, 0.15) is 12.7 Å². The van der Waals surface area contributed by atoms with Gasteiger partial charge in [0.15, 0.2) is 0 Å². The van der Waals surface area contributed by atoms with Crippen molar-refractivity contribution in [3.05, 3.63) is 0 Å². The van der Waals surface area contributed by atoms with Gasteiger partial charge in [0.25, 0.3) is 0 Å². The molecule has 0 spiro atoms. The molecule has 1 fully saturated rings. The molecule has 1 aliphatic heterocycles. The number of carbonyl (C=O) groups excluding carboxylic acids is 1. The van der Waals surface area contributed by atoms with Gasteiger partial charge in [0.2, 0.25) is 11.6 Å². The van der Waals surface area contributed by atoms with Crippen molar-refractivity contribution in [1.82, 2.24) is 0 Å². The lowest BCUT2D eigenvalue weighted by molar-refractivity contribution is -0.432. The first-order valence-corrected chi connectivity index (χ1v) is 9.17. The zero-order chi connectivity index (χ0) is 20.6. The minimum atomic E-state index is -1.10. The largest absolute Gasteiger partial charge is 0.462 e. The molecule has 0 saturated carbocycles. The lowest BCUT2D eigenvalue weighted by Gasteiger charge is -2.50. The summed E-state index contributed by atoms with van der Waals surface area (Å²) in [5.74, 6) is -2.37. The van der Waals surface area contributed by atoms with E-state index in [4.69, 9.17) is 23.7 Å². The Morgan fingerprint density at radius 3 is 1.81 bits per heavy atom. The zero-order valence-electron chi connectivity index (χ0n) is 18.4. The first-order valence-electron chi connectivity index (χ1n) is 9.17. The molecule has 0 aromatic rings. The van der Waals surface area contributed by atoms with Gasteiger partial charge in [-0.25, -0.2) is 0 Å². The maximum atomic E-state index is 13.0. The standard InChI is InChI=1S/C20H38O6/c1-16(2,3)18(7,17(4,5)6)15(21)24-12-14-13-25-19(8,22-10)20(9,23-11)26-14/h14H,12-13H2,1-11H3. The maximum absolute atomic E-state index is 13.0. The molecule has 3 unspecified atom stereocenters. The summed E-state index contributed by atoms with van der Waals surface area (Å²) < 4.78 is 28.4. The fraction of sp³-hybridized carbons (Fsp3) is 0.950. The van der Waals surface area contributed by atoms with Crippen LogP contribution < -0.4 is 0 Å². The number of carbonyl (C=O) groups is 1. The summed E-state index contributed by atoms with van der Waals surface area (Å²) in [7, 11) is 3.07. The van der Waals surface area contributed by atoms with E-state index in [-0.39, 0.29) is 30.0 Å². The Labute approximate surface area is 158 Å². The van der Waals surface area contributed by atoms with E-state index in [0.717, 1.165) is 0 Å². The highest BCUT2D eigenvalue weighted by molar-refractivity contribution is 5.78. The fourth-order valence-corrected chi connectivity index (χ4v) is 3.45. The monoisotopic (exact) mass is 374 g/mol. The van der Waals surface area contributed by atoms with Crippen LogP contribution in [-0.4, -0.2) is 51.1 Å². The third-order valence-corrected chi connectivity index (χ3v) is 6.35. The van der Waals surface area contributed by atoms with Crippen LogP contribution in [0.2, 0.25) is 0 Å². The van der Waals surface area contributed by atoms with E-state index >= 15 is 0 Å². The molecule has 1 saturated heterocycles. The van der Waals surface area contributed by atoms with Gasteiger partial charge in [-0.05, 0) is 31.6 Å². The summed E-state index contributed by atoms with van der Waals surface area (Å²) in [5.41, 5.74) is -1.19. The predicted octanol–water partition coefficient (Wildman–Crippen LogP) is 3.77. The first kappa shape index (κ1) is 23.3. The van der Waals surface area contributed by atoms with Gasteiger partial charge in [0.05, 0.1) is 12.0 Å². The molecular weight excluding hydrogens is 336 g/mol. The smallest absolute Gasteiger partial charge is 0.312 e. The second-order valence-electron chi connectivity index (χ2n) is 9.57. The highest BCUT2D eigenvalue weighted by atomic mass is 16.8. The summed E-state index contributed by atoms with van der Waals surface area (Å²) in [6.07, 6.45) is -0.434. The van der Waals surface area contributed by atoms with Crippen molar-refractivity contribution in [3.8, 4) is 0 Å². The summed E-state index contributed by atoms with van der Waals surface area (Å²) in [6, 6.07) is 0. The van der Waals surface area contributed by atoms with Gasteiger partial charge >= 0.3 is 5.97 Å². The molecule has 0 bridgehead atoms. The van der Waals surface area contributed by atoms with Crippen LogP contribution in [-0.2, 0) is 28.5 Å². The average Bonchev–Trinajstić information content (AvgIpc) is 2.52. The van der Waals surface area contributed by atoms with E-state index < -0.39 is 23.1 Å². The van der Waals surface area contributed by atoms with E-state index in [2.05, 4.69) is 41.5 Å². The van der Waals surface area contributed by atoms with Crippen molar-refractivity contribution in [2.24, 2.45) is 16.2 Å². The highest BCUT2D eigenvalue weighted by Crippen LogP contribution is 2.52. The topological polar surface area (TPSA) is 63.2 Å². The van der Waals surface area contributed by atoms with Crippen LogP contribution in [0.5, 0.6) is 0 Å². The SMILES string of the molecule is COC1(C)OCC(COC(=O)C(C)(C(C)(C)C)C(C)(C)C)OC1(C)OC. The Bertz CT molecular complexity index is 489. The maximum Gasteiger partial charge on any atom is 0.312 e. The summed E-state index contributed by atoms with van der Waals surface area (Å²) in [4.78, 5) is 13.0. The van der Waals surface area contributed by atoms with Gasteiger partial charge in [-0.2, -0.15) is 0 Å². The molecule has 0 aromatic carbocycles. The Kier molecular flexibility index (Phi) is 6.63. The molecule has 6 heteroatoms. The highest BCUT2D eigenvalue weighted by Gasteiger charge is 2.55. The molecule has 0 radical (unpaired) electrons. The molecule has 1 heterocycles. The molecule has 6 nitrogen and oxygen atoms in total. The second kappa shape index (κ2) is 7.38. The van der Waals surface area contributed by atoms with Gasteiger partial charge in [-0.3, -0.25) is 4.79 Å². The molecule has 1 rings (SSSR count). The van der Waals surface area contributed by atoms with Crippen LogP contribution in [0.25, 0.3) is 0 Å². The second-order valence-corrected chi connectivity index (χ2v) is 9.57. The average molecular weight is 375 g/mol. The van der Waals surface area contributed by atoms with Crippen molar-refractivity contribution in [2.45, 2.75) is 80.0 Å². The van der Waals surface area contributed by atoms with Gasteiger partial charge in [-0.1, -0.05) is 41.5 Å². The minimum Gasteiger partial charge on any atom is -0.462 e. The Morgan fingerprint density at radius 1 is 0.962 bits per heavy atom. The third-order valence-electron chi connectivity index (χ3n) is 6.35. The molecule has 0 aromatic heterocycles. The van der Waals surface area contributed by atoms with Gasteiger partial charge in [-0.15, -0.1) is 0 Å². The van der Waals surface area contributed by atoms with E-state index in [0.29, 0.717) is 0 Å². The Hall–Kier alpha value is -0.690. The molecule has 0 N–H and O–H groups in total. The number of rotatable bonds is 5. The first-order chi connectivity index (χ1) is 11.6. The summed E-state index contributed by atoms with van der Waals surface area (Å²) >= 11 is 0. The number of hydrogen-bond donors (Lipinski definition) is 0. The van der Waals surface area contributed by atoms with Crippen LogP contribution in [0.4, 0.5) is 0 Å². The van der Waals surface area contributed by atoms with Crippen molar-refractivity contribution in [1.29, 1.82) is 0 Å². The molecule has 0 aliphatic carbocycles. The molecule has 3 atom stereocenters. The van der Waals surface area contributed by atoms with E-state index in [1.807, 2.05) is 6.92 Å². The minimum absolute atomic E-state index is 0.0966. The number of methoxy groups -OCH3 is 2. The molecule has 154 valence electrons. The lowest BCUT2D eigenvalue weighted by atomic mass is 9.55. The normalized spacial score (nSPS) is 31.0. The van der Waals surface area contributed by atoms with Gasteiger partial charge in [0, 0.05) is 14.2 Å². The fourth-order valence-electron chi connectivity index (χ4n) is 3.45. The van der Waals surface area contributed by atoms with Crippen LogP contribution >= 0.6 is 0 Å². The number of esters is 1. The van der Waals surface area contributed by atoms with Crippen LogP contribution in [0.3, 0.4) is 0 Å². The molecule has 1 aliphatic rings. The van der Waals surface area contributed by atoms with Crippen LogP contribution in [0, 0.1) is 16.2 Å². The van der Waals surface area contributed by atoms with Gasteiger partial charge < -0.3 is 23.7 Å². The Balaban J connectivity index is 2.88. The number of hydrogen-bond acceptors (Lipinski definition) is 6. The molecule has 0 amide bonds. The van der Waals surface area contributed by atoms with Crippen LogP contribution in [0.1, 0.15) is 62.3 Å². The third kappa shape index (κ3) is 3.93. The zero-order valence-corrected chi connectivity index (χ0v) is 18.4. The number of ether oxygens (including phenoxy) is 5. The predicted molar refractivity (Wildman–Crippen MR) is 99.6 cm³/mol. The van der Waals surface area contributed by atoms with Crippen LogP contribution in [0.15, 0.2) is 0 Å². The van der Waals surface area contributed by atoms with Crippen molar-refractivity contribution in [3.63, 3.8) is 0 Å². The van der Waals surface area contributed by atoms with Crippen molar-refractivity contribution in [2.75, 3.05) is 27.4 Å². The lowest BCUT2D eigenvalue weighted by Crippen LogP contribution is -2.63. The quantitative estimate of drug-likeness (QED) is 0.683. The summed E-state index contributed by atoms with van der Waals surface area (Å²) in [6.45, 7) is 18.2. The van der Waals surface area contributed by atoms with E-state index in [1.165, 1.54) is 7.11 Å². The van der Waals surface area contributed by atoms with Crippen molar-refractivity contribution >= 4 is 5.97 Å². The molecular formula is C20H38O6. The van der Waals surface area contributed by atoms with E-state index in [9.17, 15) is 4.79 Å². The molecule has 26 heavy (non-hydrogen) atoms. The van der Waals surface area contributed by atoms with Crippen molar-refractivity contribution < 1.29 is 28.5 Å². The Morgan fingerprint density at radius 2 is 1.42 bits per heavy atom. The summed E-state index contributed by atoms with van der Waals surface area (Å²) in [5, 5.41) is 0. The van der Waals surface area contributed by atoms with E-state index in [1.54, 1.807) is 21.0 Å².